The summed E-state index contributed by atoms with van der Waals surface area (Å²) in [6.07, 6.45) is 4.25. The first-order chi connectivity index (χ1) is 11.6. The van der Waals surface area contributed by atoms with Crippen LogP contribution in [-0.4, -0.2) is 40.5 Å². The molecule has 2 aromatic rings. The third-order valence-electron chi connectivity index (χ3n) is 4.85. The van der Waals surface area contributed by atoms with Crippen molar-refractivity contribution in [1.29, 1.82) is 0 Å². The van der Waals surface area contributed by atoms with Crippen molar-refractivity contribution in [3.8, 4) is 5.75 Å². The van der Waals surface area contributed by atoms with Gasteiger partial charge in [0.25, 0.3) is 5.91 Å². The first kappa shape index (κ1) is 15.1. The number of likely N-dealkylation sites (tertiary alicyclic amines) is 1. The molecule has 1 aromatic heterocycles. The third kappa shape index (κ3) is 2.54. The van der Waals surface area contributed by atoms with E-state index in [9.17, 15) is 4.79 Å². The number of hydrogen-bond acceptors (Lipinski definition) is 4. The highest BCUT2D eigenvalue weighted by atomic mass is 16.5. The summed E-state index contributed by atoms with van der Waals surface area (Å²) in [6.45, 7) is 6.21. The Morgan fingerprint density at radius 3 is 2.62 bits per heavy atom. The van der Waals surface area contributed by atoms with Crippen molar-refractivity contribution in [2.45, 2.75) is 26.2 Å². The van der Waals surface area contributed by atoms with E-state index in [-0.39, 0.29) is 17.2 Å². The van der Waals surface area contributed by atoms with Crippen LogP contribution in [0.1, 0.15) is 41.5 Å². The lowest BCUT2D eigenvalue weighted by atomic mass is 9.74. The molecule has 0 atom stereocenters. The second kappa shape index (κ2) is 5.58. The van der Waals surface area contributed by atoms with E-state index in [1.165, 1.54) is 5.56 Å². The van der Waals surface area contributed by atoms with Crippen molar-refractivity contribution in [2.24, 2.45) is 5.41 Å². The first-order valence-electron chi connectivity index (χ1n) is 8.38. The van der Waals surface area contributed by atoms with Gasteiger partial charge in [-0.2, -0.15) is 0 Å². The van der Waals surface area contributed by atoms with Gasteiger partial charge in [0.2, 0.25) is 0 Å². The molecular weight excluding hydrogens is 302 g/mol. The van der Waals surface area contributed by atoms with E-state index in [2.05, 4.69) is 16.0 Å². The molecule has 1 spiro atoms. The number of carbonyl (C=O) groups is 1. The number of ether oxygens (including phenoxy) is 1. The minimum atomic E-state index is 0.00906. The molecular formula is C19H21N3O2. The Morgan fingerprint density at radius 2 is 1.92 bits per heavy atom. The maximum Gasteiger partial charge on any atom is 0.257 e. The zero-order chi connectivity index (χ0) is 16.7. The van der Waals surface area contributed by atoms with Gasteiger partial charge >= 0.3 is 0 Å². The van der Waals surface area contributed by atoms with Crippen molar-refractivity contribution in [1.82, 2.24) is 14.9 Å². The lowest BCUT2D eigenvalue weighted by molar-refractivity contribution is -0.0291. The number of aromatic nitrogens is 2. The summed E-state index contributed by atoms with van der Waals surface area (Å²) in [5.41, 5.74) is 1.86. The average Bonchev–Trinajstić information content (AvgIpc) is 2.58. The van der Waals surface area contributed by atoms with E-state index in [1.54, 1.807) is 12.4 Å². The monoisotopic (exact) mass is 323 g/mol. The molecule has 1 amide bonds. The average molecular weight is 323 g/mol. The van der Waals surface area contributed by atoms with Crippen molar-refractivity contribution in [3.63, 3.8) is 0 Å². The molecule has 124 valence electrons. The van der Waals surface area contributed by atoms with Crippen LogP contribution in [0.5, 0.6) is 5.75 Å². The molecule has 0 bridgehead atoms. The van der Waals surface area contributed by atoms with Crippen molar-refractivity contribution < 1.29 is 9.53 Å². The van der Waals surface area contributed by atoms with E-state index >= 15 is 0 Å². The van der Waals surface area contributed by atoms with E-state index in [0.29, 0.717) is 12.2 Å². The summed E-state index contributed by atoms with van der Waals surface area (Å²) >= 11 is 0. The molecule has 0 saturated carbocycles. The number of nitrogens with zero attached hydrogens (tertiary/aromatic N) is 3. The fraction of sp³-hybridized carbons (Fsp3) is 0.421. The van der Waals surface area contributed by atoms with Crippen molar-refractivity contribution >= 4 is 5.91 Å². The van der Waals surface area contributed by atoms with Gasteiger partial charge in [-0.1, -0.05) is 32.0 Å². The molecule has 1 aromatic carbocycles. The second-order valence-electron chi connectivity index (χ2n) is 7.22. The standard InChI is InChI=1S/C19H21N3O2/c1-13(2)17-20-8-15(9-21-17)18(23)22-10-19(11-22)7-14-5-3-4-6-16(14)24-12-19/h3-6,8-9,13H,7,10-12H2,1-2H3. The summed E-state index contributed by atoms with van der Waals surface area (Å²) in [7, 11) is 0. The largest absolute Gasteiger partial charge is 0.493 e. The van der Waals surface area contributed by atoms with Gasteiger partial charge in [0.15, 0.2) is 0 Å². The molecule has 4 rings (SSSR count). The van der Waals surface area contributed by atoms with Crippen molar-refractivity contribution in [3.05, 3.63) is 53.6 Å². The SMILES string of the molecule is CC(C)c1ncc(C(=O)N2CC3(COc4ccccc4C3)C2)cn1. The highest BCUT2D eigenvalue weighted by molar-refractivity contribution is 5.94. The molecule has 1 saturated heterocycles. The lowest BCUT2D eigenvalue weighted by Crippen LogP contribution is -2.62. The summed E-state index contributed by atoms with van der Waals surface area (Å²) in [5, 5.41) is 0. The normalized spacial score (nSPS) is 18.0. The number of fused-ring (bicyclic) bond motifs is 1. The zero-order valence-electron chi connectivity index (χ0n) is 14.0. The van der Waals surface area contributed by atoms with Gasteiger partial charge in [-0.05, 0) is 18.1 Å². The summed E-state index contributed by atoms with van der Waals surface area (Å²) in [4.78, 5) is 23.0. The molecule has 2 aliphatic rings. The van der Waals surface area contributed by atoms with E-state index < -0.39 is 0 Å². The van der Waals surface area contributed by atoms with Crippen LogP contribution in [0.15, 0.2) is 36.7 Å². The predicted molar refractivity (Wildman–Crippen MR) is 90.1 cm³/mol. The predicted octanol–water partition coefficient (Wildman–Crippen LogP) is 2.68. The molecule has 0 unspecified atom stereocenters. The summed E-state index contributed by atoms with van der Waals surface area (Å²) in [6, 6.07) is 8.15. The lowest BCUT2D eigenvalue weighted by Gasteiger charge is -2.51. The Hall–Kier alpha value is -2.43. The molecule has 1 fully saturated rings. The maximum atomic E-state index is 12.6. The van der Waals surface area contributed by atoms with Crippen molar-refractivity contribution in [2.75, 3.05) is 19.7 Å². The van der Waals surface area contributed by atoms with Crippen LogP contribution in [0.3, 0.4) is 0 Å². The van der Waals surface area contributed by atoms with Crippen LogP contribution >= 0.6 is 0 Å². The van der Waals surface area contributed by atoms with Crippen LogP contribution in [0, 0.1) is 5.41 Å². The summed E-state index contributed by atoms with van der Waals surface area (Å²) in [5.74, 6) is 2.02. The van der Waals surface area contributed by atoms with Crippen LogP contribution in [0.2, 0.25) is 0 Å². The van der Waals surface area contributed by atoms with Crippen LogP contribution in [-0.2, 0) is 6.42 Å². The molecule has 2 aliphatic heterocycles. The number of benzene rings is 1. The Morgan fingerprint density at radius 1 is 1.21 bits per heavy atom. The number of carbonyl (C=O) groups excluding carboxylic acids is 1. The van der Waals surface area contributed by atoms with Gasteiger partial charge in [-0.25, -0.2) is 9.97 Å². The molecule has 3 heterocycles. The maximum absolute atomic E-state index is 12.6. The van der Waals surface area contributed by atoms with Gasteiger partial charge in [0.05, 0.1) is 12.2 Å². The smallest absolute Gasteiger partial charge is 0.257 e. The van der Waals surface area contributed by atoms with E-state index in [1.807, 2.05) is 36.9 Å². The number of amides is 1. The molecule has 0 N–H and O–H groups in total. The molecule has 0 radical (unpaired) electrons. The number of hydrogen-bond donors (Lipinski definition) is 0. The van der Waals surface area contributed by atoms with Crippen LogP contribution in [0.25, 0.3) is 0 Å². The van der Waals surface area contributed by atoms with Gasteiger partial charge in [0, 0.05) is 36.8 Å². The Kier molecular flexibility index (Phi) is 3.52. The minimum absolute atomic E-state index is 0.00906. The number of rotatable bonds is 2. The molecule has 0 aliphatic carbocycles. The molecule has 5 nitrogen and oxygen atoms in total. The Bertz CT molecular complexity index is 764. The van der Waals surface area contributed by atoms with E-state index in [4.69, 9.17) is 4.74 Å². The highest BCUT2D eigenvalue weighted by Gasteiger charge is 2.48. The van der Waals surface area contributed by atoms with E-state index in [0.717, 1.165) is 31.1 Å². The number of para-hydroxylation sites is 1. The summed E-state index contributed by atoms with van der Waals surface area (Å²) < 4.78 is 5.89. The topological polar surface area (TPSA) is 55.3 Å². The Labute approximate surface area is 141 Å². The molecule has 5 heteroatoms. The first-order valence-corrected chi connectivity index (χ1v) is 8.38. The fourth-order valence-corrected chi connectivity index (χ4v) is 3.52. The van der Waals surface area contributed by atoms with Gasteiger partial charge in [0.1, 0.15) is 11.6 Å². The van der Waals surface area contributed by atoms with Gasteiger partial charge < -0.3 is 9.64 Å². The van der Waals surface area contributed by atoms with Crippen LogP contribution in [0.4, 0.5) is 0 Å². The molecule has 24 heavy (non-hydrogen) atoms. The third-order valence-corrected chi connectivity index (χ3v) is 4.85. The minimum Gasteiger partial charge on any atom is -0.493 e. The van der Waals surface area contributed by atoms with Gasteiger partial charge in [-0.3, -0.25) is 4.79 Å². The fourth-order valence-electron chi connectivity index (χ4n) is 3.52. The highest BCUT2D eigenvalue weighted by Crippen LogP contribution is 2.41. The quantitative estimate of drug-likeness (QED) is 0.852. The van der Waals surface area contributed by atoms with Gasteiger partial charge in [-0.15, -0.1) is 0 Å². The second-order valence-corrected chi connectivity index (χ2v) is 7.22. The van der Waals surface area contributed by atoms with Crippen LogP contribution < -0.4 is 4.74 Å². The zero-order valence-corrected chi connectivity index (χ0v) is 14.0. The Balaban J connectivity index is 1.43.